The number of fused-ring (bicyclic) bond motifs is 1. The third-order valence-corrected chi connectivity index (χ3v) is 6.24. The third kappa shape index (κ3) is 5.59. The van der Waals surface area contributed by atoms with Gasteiger partial charge in [0.2, 0.25) is 11.7 Å². The number of amides is 1. The zero-order valence-electron chi connectivity index (χ0n) is 20.4. The number of nitrogens with zero attached hydrogens (tertiary/aromatic N) is 5. The lowest BCUT2D eigenvalue weighted by Gasteiger charge is -2.26. The summed E-state index contributed by atoms with van der Waals surface area (Å²) < 4.78 is 61.6. The van der Waals surface area contributed by atoms with Crippen LogP contribution in [0, 0.1) is 0 Å². The fraction of sp³-hybridized carbons (Fsp3) is 0.308. The number of halogens is 4. The monoisotopic (exact) mass is 528 g/mol. The fourth-order valence-corrected chi connectivity index (χ4v) is 4.39. The Hall–Kier alpha value is -4.06. The van der Waals surface area contributed by atoms with Crippen molar-refractivity contribution in [2.75, 3.05) is 20.1 Å². The van der Waals surface area contributed by atoms with Crippen LogP contribution in [-0.2, 0) is 13.1 Å². The molecule has 1 saturated heterocycles. The number of piperidine rings is 1. The number of aliphatic imine (C=N–C) groups is 1. The molecule has 2 aromatic carbocycles. The standard InChI is InChI=1S/C26H24F4N6O2/c1-35-11-10-20(18(27)14-35)32-19-8-5-9-21-17(19)12-22(36(21)15-26(28,29)30)24-33-23(38-34-24)13-31-25(37)16-6-3-2-4-7-16/h2-9,12,18H,10-11,13-15H2,1H3,(H,31,37)/t18-/m0/s1. The number of alkyl halides is 4. The zero-order chi connectivity index (χ0) is 26.9. The first-order chi connectivity index (χ1) is 18.2. The Labute approximate surface area is 215 Å². The van der Waals surface area contributed by atoms with Crippen molar-refractivity contribution >= 4 is 28.2 Å². The van der Waals surface area contributed by atoms with Crippen molar-refractivity contribution < 1.29 is 26.9 Å². The maximum atomic E-state index is 14.6. The molecule has 0 bridgehead atoms. The van der Waals surface area contributed by atoms with E-state index in [1.165, 1.54) is 12.1 Å². The number of likely N-dealkylation sites (tertiary alicyclic amines) is 1. The Morgan fingerprint density at radius 1 is 1.18 bits per heavy atom. The molecule has 0 spiro atoms. The van der Waals surface area contributed by atoms with Gasteiger partial charge in [0.1, 0.15) is 6.54 Å². The van der Waals surface area contributed by atoms with Gasteiger partial charge in [0.15, 0.2) is 6.17 Å². The highest BCUT2D eigenvalue weighted by Gasteiger charge is 2.31. The maximum absolute atomic E-state index is 14.6. The second-order valence-corrected chi connectivity index (χ2v) is 9.08. The van der Waals surface area contributed by atoms with Crippen molar-refractivity contribution in [1.82, 2.24) is 24.9 Å². The van der Waals surface area contributed by atoms with Gasteiger partial charge in [-0.3, -0.25) is 9.79 Å². The summed E-state index contributed by atoms with van der Waals surface area (Å²) in [4.78, 5) is 22.9. The minimum atomic E-state index is -4.53. The van der Waals surface area contributed by atoms with Crippen LogP contribution in [0.25, 0.3) is 22.4 Å². The van der Waals surface area contributed by atoms with Gasteiger partial charge in [0.05, 0.1) is 29.2 Å². The highest BCUT2D eigenvalue weighted by Crippen LogP contribution is 2.35. The average molecular weight is 529 g/mol. The van der Waals surface area contributed by atoms with E-state index in [2.05, 4.69) is 20.4 Å². The highest BCUT2D eigenvalue weighted by molar-refractivity contribution is 5.99. The van der Waals surface area contributed by atoms with E-state index in [0.29, 0.717) is 35.3 Å². The van der Waals surface area contributed by atoms with E-state index in [0.717, 1.165) is 4.57 Å². The predicted octanol–water partition coefficient (Wildman–Crippen LogP) is 4.93. The predicted molar refractivity (Wildman–Crippen MR) is 133 cm³/mol. The smallest absolute Gasteiger partial charge is 0.343 e. The Kier molecular flexibility index (Phi) is 6.98. The number of rotatable bonds is 6. The number of carbonyl (C=O) groups is 1. The van der Waals surface area contributed by atoms with Gasteiger partial charge in [-0.25, -0.2) is 4.39 Å². The van der Waals surface area contributed by atoms with E-state index < -0.39 is 18.9 Å². The van der Waals surface area contributed by atoms with Gasteiger partial charge >= 0.3 is 6.18 Å². The molecule has 0 saturated carbocycles. The Morgan fingerprint density at radius 2 is 1.97 bits per heavy atom. The van der Waals surface area contributed by atoms with Gasteiger partial charge in [0.25, 0.3) is 5.91 Å². The quantitative estimate of drug-likeness (QED) is 0.359. The van der Waals surface area contributed by atoms with Gasteiger partial charge in [-0.05, 0) is 37.4 Å². The summed E-state index contributed by atoms with van der Waals surface area (Å²) in [6.07, 6.45) is -5.37. The molecule has 2 aromatic heterocycles. The number of nitrogens with one attached hydrogen (secondary N) is 1. The number of carbonyl (C=O) groups excluding carboxylic acids is 1. The molecule has 5 rings (SSSR count). The zero-order valence-corrected chi connectivity index (χ0v) is 20.4. The van der Waals surface area contributed by atoms with Crippen LogP contribution < -0.4 is 5.32 Å². The maximum Gasteiger partial charge on any atom is 0.406 e. The van der Waals surface area contributed by atoms with Gasteiger partial charge < -0.3 is 19.3 Å². The third-order valence-electron chi connectivity index (χ3n) is 6.24. The highest BCUT2D eigenvalue weighted by atomic mass is 19.4. The molecule has 1 aliphatic rings. The van der Waals surface area contributed by atoms with Crippen LogP contribution in [0.4, 0.5) is 23.2 Å². The number of hydrogen-bond donors (Lipinski definition) is 1. The molecule has 1 amide bonds. The molecule has 8 nitrogen and oxygen atoms in total. The molecule has 0 aliphatic carbocycles. The second kappa shape index (κ2) is 10.4. The molecule has 3 heterocycles. The minimum absolute atomic E-state index is 0.0279. The van der Waals surface area contributed by atoms with Crippen molar-refractivity contribution in [3.63, 3.8) is 0 Å². The molecule has 1 fully saturated rings. The molecule has 4 aromatic rings. The van der Waals surface area contributed by atoms with Crippen molar-refractivity contribution in [3.05, 3.63) is 66.1 Å². The molecule has 198 valence electrons. The van der Waals surface area contributed by atoms with Crippen LogP contribution in [0.2, 0.25) is 0 Å². The second-order valence-electron chi connectivity index (χ2n) is 9.08. The van der Waals surface area contributed by atoms with Crippen molar-refractivity contribution in [2.24, 2.45) is 4.99 Å². The fourth-order valence-electron chi connectivity index (χ4n) is 4.39. The van der Waals surface area contributed by atoms with E-state index >= 15 is 0 Å². The van der Waals surface area contributed by atoms with E-state index in [1.54, 1.807) is 42.5 Å². The first kappa shape index (κ1) is 25.6. The number of aromatic nitrogens is 3. The summed E-state index contributed by atoms with van der Waals surface area (Å²) in [5.74, 6) is -0.406. The van der Waals surface area contributed by atoms with E-state index in [4.69, 9.17) is 4.52 Å². The van der Waals surface area contributed by atoms with Crippen LogP contribution in [0.5, 0.6) is 0 Å². The van der Waals surface area contributed by atoms with Gasteiger partial charge in [0, 0.05) is 30.5 Å². The van der Waals surface area contributed by atoms with Gasteiger partial charge in [-0.2, -0.15) is 18.2 Å². The molecule has 1 aliphatic heterocycles. The molecule has 0 radical (unpaired) electrons. The van der Waals surface area contributed by atoms with Gasteiger partial charge in [-0.1, -0.05) is 29.4 Å². The summed E-state index contributed by atoms with van der Waals surface area (Å²) in [6.45, 7) is -0.550. The normalized spacial score (nSPS) is 17.8. The minimum Gasteiger partial charge on any atom is -0.343 e. The first-order valence-electron chi connectivity index (χ1n) is 11.9. The molecular formula is C26H24F4N6O2. The topological polar surface area (TPSA) is 88.6 Å². The molecule has 38 heavy (non-hydrogen) atoms. The Bertz CT molecular complexity index is 1480. The van der Waals surface area contributed by atoms with Crippen molar-refractivity contribution in [2.45, 2.75) is 31.9 Å². The van der Waals surface area contributed by atoms with Crippen LogP contribution in [-0.4, -0.2) is 63.7 Å². The first-order valence-corrected chi connectivity index (χ1v) is 11.9. The lowest BCUT2D eigenvalue weighted by molar-refractivity contribution is -0.139. The van der Waals surface area contributed by atoms with E-state index in [9.17, 15) is 22.4 Å². The summed E-state index contributed by atoms with van der Waals surface area (Å²) in [5.41, 5.74) is 1.48. The molecule has 12 heteroatoms. The van der Waals surface area contributed by atoms with Crippen LogP contribution >= 0.6 is 0 Å². The van der Waals surface area contributed by atoms with Crippen LogP contribution in [0.1, 0.15) is 22.7 Å². The van der Waals surface area contributed by atoms with E-state index in [1.807, 2.05) is 11.9 Å². The Morgan fingerprint density at radius 3 is 2.71 bits per heavy atom. The lowest BCUT2D eigenvalue weighted by atomic mass is 10.1. The summed E-state index contributed by atoms with van der Waals surface area (Å²) >= 11 is 0. The SMILES string of the molecule is CN1CCC(=Nc2cccc3c2cc(-c2noc(CNC(=O)c4ccccc4)n2)n3CC(F)(F)F)[C@@H](F)C1. The molecule has 1 atom stereocenters. The largest absolute Gasteiger partial charge is 0.406 e. The van der Waals surface area contributed by atoms with Crippen LogP contribution in [0.15, 0.2) is 64.1 Å². The summed E-state index contributed by atoms with van der Waals surface area (Å²) in [5, 5.41) is 6.92. The molecular weight excluding hydrogens is 504 g/mol. The van der Waals surface area contributed by atoms with Crippen molar-refractivity contribution in [3.8, 4) is 11.5 Å². The lowest BCUT2D eigenvalue weighted by Crippen LogP contribution is -2.39. The van der Waals surface area contributed by atoms with Gasteiger partial charge in [-0.15, -0.1) is 0 Å². The summed E-state index contributed by atoms with van der Waals surface area (Å²) in [6, 6.07) is 14.8. The van der Waals surface area contributed by atoms with E-state index in [-0.39, 0.29) is 41.9 Å². The van der Waals surface area contributed by atoms with Crippen molar-refractivity contribution in [1.29, 1.82) is 0 Å². The average Bonchev–Trinajstić information content (AvgIpc) is 3.49. The number of benzene rings is 2. The van der Waals surface area contributed by atoms with Crippen LogP contribution in [0.3, 0.4) is 0 Å². The molecule has 1 N–H and O–H groups in total. The summed E-state index contributed by atoms with van der Waals surface area (Å²) in [7, 11) is 1.82. The molecule has 0 unspecified atom stereocenters. The Balaban J connectivity index is 1.48. The number of hydrogen-bond acceptors (Lipinski definition) is 6.